The topological polar surface area (TPSA) is 78.9 Å². The van der Waals surface area contributed by atoms with Gasteiger partial charge in [-0.25, -0.2) is 0 Å². The Balaban J connectivity index is 4.32. The van der Waals surface area contributed by atoms with E-state index in [4.69, 9.17) is 14.2 Å². The van der Waals surface area contributed by atoms with Gasteiger partial charge in [-0.15, -0.1) is 0 Å². The molecule has 0 heterocycles. The van der Waals surface area contributed by atoms with E-state index in [-0.39, 0.29) is 31.1 Å². The summed E-state index contributed by atoms with van der Waals surface area (Å²) in [6.07, 6.45) is 88.9. The SMILES string of the molecule is CCCCCCC/C=C\C/C=C\CCCCCCCCCCCCCC(=O)OCC(COC(=O)CCCCCCCCCCCCCCCCCCCCCC)OC(=O)CCCCCCCCCCC/C=C\CCCCCCCCCC. The van der Waals surface area contributed by atoms with Crippen LogP contribution in [0.2, 0.25) is 0 Å². The van der Waals surface area contributed by atoms with E-state index in [9.17, 15) is 14.4 Å². The number of ether oxygens (including phenoxy) is 3. The van der Waals surface area contributed by atoms with E-state index in [0.29, 0.717) is 19.3 Å². The Kier molecular flexibility index (Phi) is 69.1. The number of hydrogen-bond acceptors (Lipinski definition) is 6. The van der Waals surface area contributed by atoms with E-state index in [0.717, 1.165) is 64.2 Å². The Bertz CT molecular complexity index is 1370. The molecule has 0 amide bonds. The molecule has 1 atom stereocenters. The molecule has 6 nitrogen and oxygen atoms in total. The van der Waals surface area contributed by atoms with Gasteiger partial charge < -0.3 is 14.2 Å². The minimum Gasteiger partial charge on any atom is -0.462 e. The average molecular weight is 1150 g/mol. The van der Waals surface area contributed by atoms with Gasteiger partial charge in [0.05, 0.1) is 0 Å². The molecule has 0 spiro atoms. The maximum Gasteiger partial charge on any atom is 0.306 e. The summed E-state index contributed by atoms with van der Waals surface area (Å²) < 4.78 is 17.0. The van der Waals surface area contributed by atoms with E-state index < -0.39 is 6.10 Å². The molecule has 1 unspecified atom stereocenters. The zero-order valence-corrected chi connectivity index (χ0v) is 55.5. The number of carbonyl (C=O) groups excluding carboxylic acids is 3. The fourth-order valence-electron chi connectivity index (χ4n) is 11.3. The van der Waals surface area contributed by atoms with Crippen molar-refractivity contribution < 1.29 is 28.6 Å². The second-order valence-electron chi connectivity index (χ2n) is 25.2. The summed E-state index contributed by atoms with van der Waals surface area (Å²) in [5.41, 5.74) is 0. The Morgan fingerprint density at radius 2 is 0.439 bits per heavy atom. The first-order chi connectivity index (χ1) is 40.5. The standard InChI is InChI=1S/C76H142O6/c1-4-7-10-13-16-19-22-25-28-31-34-37-38-40-42-45-48-51-54-57-60-63-66-69-75(78)81-72-73(71-80-74(77)68-65-62-59-56-53-50-47-44-41-36-33-30-27-24-21-18-15-12-9-6-3)82-76(79)70-67-64-61-58-55-52-49-46-43-39-35-32-29-26-23-20-17-14-11-8-5-2/h22,25,31-32,34-35,73H,4-21,23-24,26-30,33,36-72H2,1-3H3/b25-22-,34-31-,35-32-. The average Bonchev–Trinajstić information content (AvgIpc) is 3.47. The number of rotatable bonds is 69. The molecule has 0 fully saturated rings. The van der Waals surface area contributed by atoms with Crippen molar-refractivity contribution in [2.24, 2.45) is 0 Å². The predicted octanol–water partition coefficient (Wildman–Crippen LogP) is 25.5. The molecule has 0 saturated heterocycles. The van der Waals surface area contributed by atoms with Crippen molar-refractivity contribution >= 4 is 17.9 Å². The van der Waals surface area contributed by atoms with Gasteiger partial charge in [0.2, 0.25) is 0 Å². The van der Waals surface area contributed by atoms with Crippen molar-refractivity contribution in [3.8, 4) is 0 Å². The smallest absolute Gasteiger partial charge is 0.306 e. The Labute approximate surface area is 512 Å². The van der Waals surface area contributed by atoms with Gasteiger partial charge in [0, 0.05) is 19.3 Å². The predicted molar refractivity (Wildman–Crippen MR) is 358 cm³/mol. The Hall–Kier alpha value is -2.37. The molecule has 0 aromatic rings. The van der Waals surface area contributed by atoms with Crippen LogP contribution in [0.5, 0.6) is 0 Å². The first-order valence-electron chi connectivity index (χ1n) is 37.0. The lowest BCUT2D eigenvalue weighted by atomic mass is 10.0. The molecular weight excluding hydrogens is 1010 g/mol. The molecule has 0 aliphatic rings. The van der Waals surface area contributed by atoms with Gasteiger partial charge in [-0.1, -0.05) is 353 Å². The van der Waals surface area contributed by atoms with E-state index >= 15 is 0 Å². The highest BCUT2D eigenvalue weighted by Crippen LogP contribution is 2.19. The van der Waals surface area contributed by atoms with Crippen LogP contribution in [0.1, 0.15) is 412 Å². The summed E-state index contributed by atoms with van der Waals surface area (Å²) in [6, 6.07) is 0. The normalized spacial score (nSPS) is 12.2. The van der Waals surface area contributed by atoms with Crippen LogP contribution in [-0.2, 0) is 28.6 Å². The van der Waals surface area contributed by atoms with Crippen molar-refractivity contribution in [1.29, 1.82) is 0 Å². The fourth-order valence-corrected chi connectivity index (χ4v) is 11.3. The molecule has 0 N–H and O–H groups in total. The molecule has 0 saturated carbocycles. The maximum atomic E-state index is 13.0. The zero-order chi connectivity index (χ0) is 59.2. The first-order valence-corrected chi connectivity index (χ1v) is 37.0. The third-order valence-electron chi connectivity index (χ3n) is 16.9. The summed E-state index contributed by atoms with van der Waals surface area (Å²) in [4.78, 5) is 38.5. The number of unbranched alkanes of at least 4 members (excludes halogenated alkanes) is 52. The highest BCUT2D eigenvalue weighted by Gasteiger charge is 2.20. The van der Waals surface area contributed by atoms with Crippen LogP contribution in [0, 0.1) is 0 Å². The zero-order valence-electron chi connectivity index (χ0n) is 55.5. The lowest BCUT2D eigenvalue weighted by Gasteiger charge is -2.18. The van der Waals surface area contributed by atoms with Crippen molar-refractivity contribution in [2.75, 3.05) is 13.2 Å². The minimum absolute atomic E-state index is 0.0680. The minimum atomic E-state index is -0.774. The van der Waals surface area contributed by atoms with Crippen LogP contribution in [0.25, 0.3) is 0 Å². The summed E-state index contributed by atoms with van der Waals surface area (Å²) in [5, 5.41) is 0. The monoisotopic (exact) mass is 1150 g/mol. The van der Waals surface area contributed by atoms with Crippen molar-refractivity contribution in [2.45, 2.75) is 419 Å². The van der Waals surface area contributed by atoms with Gasteiger partial charge in [-0.3, -0.25) is 14.4 Å². The van der Waals surface area contributed by atoms with E-state index in [1.807, 2.05) is 0 Å². The summed E-state index contributed by atoms with van der Waals surface area (Å²) in [5.74, 6) is -0.839. The lowest BCUT2D eigenvalue weighted by Crippen LogP contribution is -2.30. The molecule has 0 aliphatic heterocycles. The van der Waals surface area contributed by atoms with Gasteiger partial charge in [0.25, 0.3) is 0 Å². The van der Waals surface area contributed by atoms with Crippen molar-refractivity contribution in [3.63, 3.8) is 0 Å². The summed E-state index contributed by atoms with van der Waals surface area (Å²) in [6.45, 7) is 6.71. The van der Waals surface area contributed by atoms with Crippen LogP contribution < -0.4 is 0 Å². The van der Waals surface area contributed by atoms with Gasteiger partial charge in [-0.2, -0.15) is 0 Å². The Morgan fingerprint density at radius 1 is 0.244 bits per heavy atom. The summed E-state index contributed by atoms with van der Waals surface area (Å²) >= 11 is 0. The number of carbonyl (C=O) groups is 3. The molecule has 0 aliphatic carbocycles. The second kappa shape index (κ2) is 71.1. The molecule has 0 aromatic heterocycles. The summed E-state index contributed by atoms with van der Waals surface area (Å²) in [7, 11) is 0. The Morgan fingerprint density at radius 3 is 0.683 bits per heavy atom. The first kappa shape index (κ1) is 79.6. The van der Waals surface area contributed by atoms with Crippen LogP contribution >= 0.6 is 0 Å². The third kappa shape index (κ3) is 68.4. The second-order valence-corrected chi connectivity index (χ2v) is 25.2. The van der Waals surface area contributed by atoms with Crippen molar-refractivity contribution in [3.05, 3.63) is 36.5 Å². The fraction of sp³-hybridized carbons (Fsp3) is 0.882. The van der Waals surface area contributed by atoms with E-state index in [1.165, 1.54) is 308 Å². The number of esters is 3. The van der Waals surface area contributed by atoms with Crippen LogP contribution in [-0.4, -0.2) is 37.2 Å². The van der Waals surface area contributed by atoms with E-state index in [2.05, 4.69) is 57.2 Å². The molecular formula is C76H142O6. The van der Waals surface area contributed by atoms with Gasteiger partial charge in [-0.05, 0) is 77.0 Å². The van der Waals surface area contributed by atoms with Gasteiger partial charge >= 0.3 is 17.9 Å². The molecule has 0 radical (unpaired) electrons. The van der Waals surface area contributed by atoms with Crippen molar-refractivity contribution in [1.82, 2.24) is 0 Å². The molecule has 482 valence electrons. The van der Waals surface area contributed by atoms with Crippen LogP contribution in [0.3, 0.4) is 0 Å². The quantitative estimate of drug-likeness (QED) is 0.0261. The molecule has 82 heavy (non-hydrogen) atoms. The van der Waals surface area contributed by atoms with Gasteiger partial charge in [0.1, 0.15) is 13.2 Å². The number of hydrogen-bond donors (Lipinski definition) is 0. The molecule has 0 rings (SSSR count). The lowest BCUT2D eigenvalue weighted by molar-refractivity contribution is -0.167. The van der Waals surface area contributed by atoms with E-state index in [1.54, 1.807) is 0 Å². The van der Waals surface area contributed by atoms with Crippen LogP contribution in [0.15, 0.2) is 36.5 Å². The third-order valence-corrected chi connectivity index (χ3v) is 16.9. The molecule has 6 heteroatoms. The molecule has 0 bridgehead atoms. The highest BCUT2D eigenvalue weighted by atomic mass is 16.6. The highest BCUT2D eigenvalue weighted by molar-refractivity contribution is 5.71. The van der Waals surface area contributed by atoms with Crippen LogP contribution in [0.4, 0.5) is 0 Å². The number of allylic oxidation sites excluding steroid dienone is 6. The molecule has 0 aromatic carbocycles. The largest absolute Gasteiger partial charge is 0.462 e. The van der Waals surface area contributed by atoms with Gasteiger partial charge in [0.15, 0.2) is 6.10 Å². The maximum absolute atomic E-state index is 13.0.